The maximum atomic E-state index is 4.72. The maximum Gasteiger partial charge on any atom is -0.813 e. The average Bonchev–Trinajstić information content (AvgIpc) is 1.88. The summed E-state index contributed by atoms with van der Waals surface area (Å²) in [6.45, 7) is 4.30. The zero-order valence-electron chi connectivity index (χ0n) is 5.68. The monoisotopic (exact) mass is 395 g/mol. The molecule has 0 N–H and O–H groups in total. The number of thiol groups is 1. The van der Waals surface area contributed by atoms with Crippen molar-refractivity contribution in [1.82, 2.24) is 0 Å². The second-order valence-electron chi connectivity index (χ2n) is 0.996. The van der Waals surface area contributed by atoms with Gasteiger partial charge in [-0.05, 0) is 0 Å². The first-order chi connectivity index (χ1) is 3.83. The van der Waals surface area contributed by atoms with Gasteiger partial charge in [0.15, 0.2) is 0 Å². The fraction of sp³-hybridized carbons (Fsp3) is 1.00. The summed E-state index contributed by atoms with van der Waals surface area (Å²) >= 11 is -0.386. The molecule has 0 aromatic heterocycles. The summed E-state index contributed by atoms with van der Waals surface area (Å²) in [6.07, 6.45) is 0. The Morgan fingerprint density at radius 2 is 1.11 bits per heavy atom. The Kier molecular flexibility index (Phi) is 43.5. The van der Waals surface area contributed by atoms with Crippen LogP contribution in [0.3, 0.4) is 0 Å². The van der Waals surface area contributed by atoms with E-state index in [0.717, 1.165) is 0 Å². The van der Waals surface area contributed by atoms with Gasteiger partial charge in [-0.25, -0.2) is 0 Å². The number of hydrogen-bond donors (Lipinski definition) is 0. The average molecular weight is 393 g/mol. The standard InChI is InChI=1S/2C2H5.H2S.2S.2Sn/c2*1-2;;;;;/h2*1H2,2H3;1H2;;;;/p-1. The smallest absolute Gasteiger partial charge is 0.813 e. The van der Waals surface area contributed by atoms with Gasteiger partial charge in [0.1, 0.15) is 0 Å². The Morgan fingerprint density at radius 3 is 1.11 bits per heavy atom. The first-order valence-corrected chi connectivity index (χ1v) is 14.4. The zero-order valence-corrected chi connectivity index (χ0v) is 13.9. The quantitative estimate of drug-likeness (QED) is 0.402. The molecule has 0 unspecified atom stereocenters. The molecule has 0 aliphatic carbocycles. The van der Waals surface area contributed by atoms with E-state index < -0.39 is 0 Å². The molecule has 2 radical (unpaired) electrons. The van der Waals surface area contributed by atoms with Gasteiger partial charge < -0.3 is 13.5 Å². The molecule has 0 spiro atoms. The van der Waals surface area contributed by atoms with Gasteiger partial charge in [0.05, 0.1) is 0 Å². The molecule has 0 bridgehead atoms. The molecule has 0 heterocycles. The predicted molar refractivity (Wildman–Crippen MR) is 56.4 cm³/mol. The van der Waals surface area contributed by atoms with Crippen molar-refractivity contribution in [3.05, 3.63) is 0 Å². The fourth-order valence-electron chi connectivity index (χ4n) is 0. The van der Waals surface area contributed by atoms with Crippen molar-refractivity contribution in [2.75, 3.05) is 0 Å². The van der Waals surface area contributed by atoms with Crippen molar-refractivity contribution in [2.24, 2.45) is 0 Å². The molecule has 0 saturated heterocycles. The zero-order chi connectivity index (χ0) is 6.83. The molecule has 0 rings (SSSR count). The minimum atomic E-state index is -0.193. The van der Waals surface area contributed by atoms with Crippen LogP contribution in [0.15, 0.2) is 0 Å². The predicted octanol–water partition coefficient (Wildman–Crippen LogP) is 2.21. The Labute approximate surface area is 91.8 Å². The maximum absolute atomic E-state index is 4.72. The molecule has 0 aliphatic heterocycles. The molecule has 0 saturated carbocycles. The number of rotatable bonds is 2. The normalized spacial score (nSPS) is 5.56. The molecule has 0 atom stereocenters. The molecule has 0 fully saturated rings. The van der Waals surface area contributed by atoms with Crippen LogP contribution in [0.1, 0.15) is 13.8 Å². The van der Waals surface area contributed by atoms with Gasteiger partial charge in [0, 0.05) is 0 Å². The van der Waals surface area contributed by atoms with Crippen LogP contribution in [0.5, 0.6) is 0 Å². The first-order valence-electron chi connectivity index (χ1n) is 2.53. The third-order valence-electron chi connectivity index (χ3n) is 0.289. The Bertz CT molecular complexity index is 49.8. The summed E-state index contributed by atoms with van der Waals surface area (Å²) in [7, 11) is 9.45. The molecule has 54 valence electrons. The molecule has 0 amide bonds. The Hall–Kier alpha value is 2.39. The van der Waals surface area contributed by atoms with E-state index >= 15 is 0 Å². The van der Waals surface area contributed by atoms with E-state index in [-0.39, 0.29) is 51.9 Å². The number of hydrogen-bond acceptors (Lipinski definition) is 3. The van der Waals surface area contributed by atoms with E-state index in [4.69, 9.17) is 18.6 Å². The minimum Gasteiger partial charge on any atom is -0.813 e. The van der Waals surface area contributed by atoms with E-state index in [1.54, 1.807) is 0 Å². The summed E-state index contributed by atoms with van der Waals surface area (Å²) in [4.78, 5) is 0. The van der Waals surface area contributed by atoms with Gasteiger partial charge in [0.2, 0.25) is 0 Å². The van der Waals surface area contributed by atoms with Crippen molar-refractivity contribution in [3.63, 3.8) is 0 Å². The molecule has 0 nitrogen and oxygen atoms in total. The van der Waals surface area contributed by atoms with Crippen molar-refractivity contribution in [2.45, 2.75) is 22.7 Å². The summed E-state index contributed by atoms with van der Waals surface area (Å²) in [5.74, 6) is 0. The third kappa shape index (κ3) is 38.0. The van der Waals surface area contributed by atoms with E-state index in [1.165, 1.54) is 8.87 Å². The van der Waals surface area contributed by atoms with Crippen LogP contribution in [0.2, 0.25) is 8.87 Å². The van der Waals surface area contributed by atoms with Gasteiger partial charge in [-0.15, -0.1) is 0 Å². The van der Waals surface area contributed by atoms with Crippen molar-refractivity contribution in [3.8, 4) is 0 Å². The Balaban J connectivity index is -0.0000000720. The van der Waals surface area contributed by atoms with Crippen LogP contribution in [0.25, 0.3) is 0 Å². The molecular formula is C4H11S3Sn2-. The summed E-state index contributed by atoms with van der Waals surface area (Å²) in [5.41, 5.74) is 0. The fourth-order valence-corrected chi connectivity index (χ4v) is 0. The molecule has 5 heteroatoms. The molecule has 0 aromatic rings. The first kappa shape index (κ1) is 17.5. The summed E-state index contributed by atoms with van der Waals surface area (Å²) in [6, 6.07) is 0. The topological polar surface area (TPSA) is 0 Å². The largest absolute Gasteiger partial charge is 0.813 e. The Morgan fingerprint density at radius 1 is 1.00 bits per heavy atom. The van der Waals surface area contributed by atoms with Crippen molar-refractivity contribution in [1.29, 1.82) is 0 Å². The van der Waals surface area contributed by atoms with Gasteiger partial charge in [-0.2, -0.15) is 0 Å². The van der Waals surface area contributed by atoms with Gasteiger partial charge >= 0.3 is 79.7 Å². The van der Waals surface area contributed by atoms with E-state index in [1.807, 2.05) is 0 Å². The summed E-state index contributed by atoms with van der Waals surface area (Å²) < 4.78 is 2.61. The van der Waals surface area contributed by atoms with Crippen LogP contribution in [0.4, 0.5) is 0 Å². The van der Waals surface area contributed by atoms with Crippen LogP contribution in [0, 0.1) is 0 Å². The molecule has 9 heavy (non-hydrogen) atoms. The second kappa shape index (κ2) is 22.4. The molecule has 0 aliphatic rings. The third-order valence-corrected chi connectivity index (χ3v) is 5.81. The van der Waals surface area contributed by atoms with Gasteiger partial charge in [-0.1, -0.05) is 0 Å². The molecule has 0 aromatic carbocycles. The van der Waals surface area contributed by atoms with E-state index in [0.29, 0.717) is 0 Å². The molecular weight excluding hydrogens is 382 g/mol. The van der Waals surface area contributed by atoms with Crippen LogP contribution in [-0.4, -0.2) is 38.4 Å². The van der Waals surface area contributed by atoms with Gasteiger partial charge in [0.25, 0.3) is 0 Å². The minimum absolute atomic E-state index is 0. The SMILES string of the molecule is C[CH2][Sn]=[S].C[CH2][Sn]=[S].[SH-]. The van der Waals surface area contributed by atoms with Crippen molar-refractivity contribution < 1.29 is 0 Å². The summed E-state index contributed by atoms with van der Waals surface area (Å²) in [5, 5.41) is 0. The van der Waals surface area contributed by atoms with Crippen LogP contribution >= 0.6 is 18.6 Å². The van der Waals surface area contributed by atoms with Crippen LogP contribution < -0.4 is 0 Å². The van der Waals surface area contributed by atoms with Crippen molar-refractivity contribution >= 4 is 70.5 Å². The second-order valence-corrected chi connectivity index (χ2v) is 10.6. The van der Waals surface area contributed by atoms with E-state index in [2.05, 4.69) is 13.8 Å². The van der Waals surface area contributed by atoms with Gasteiger partial charge in [-0.3, -0.25) is 0 Å². The van der Waals surface area contributed by atoms with Crippen LogP contribution in [-0.2, 0) is 13.5 Å². The van der Waals surface area contributed by atoms with E-state index in [9.17, 15) is 0 Å².